The zero-order valence-corrected chi connectivity index (χ0v) is 8.53. The Kier molecular flexibility index (Phi) is 2.39. The van der Waals surface area contributed by atoms with Crippen LogP contribution in [-0.4, -0.2) is 16.2 Å². The second kappa shape index (κ2) is 3.70. The minimum Gasteiger partial charge on any atom is -0.492 e. The molecule has 3 nitrogen and oxygen atoms in total. The van der Waals surface area contributed by atoms with Gasteiger partial charge in [-0.15, -0.1) is 0 Å². The summed E-state index contributed by atoms with van der Waals surface area (Å²) in [5.74, 6) is 0.866. The van der Waals surface area contributed by atoms with E-state index in [1.165, 1.54) is 5.56 Å². The number of hydrogen-bond donors (Lipinski definition) is 0. The highest BCUT2D eigenvalue weighted by molar-refractivity contribution is 5.54. The molecule has 2 aromatic rings. The molecule has 0 N–H and O–H groups in total. The van der Waals surface area contributed by atoms with Gasteiger partial charge >= 0.3 is 0 Å². The van der Waals surface area contributed by atoms with Gasteiger partial charge in [0.05, 0.1) is 24.5 Å². The van der Waals surface area contributed by atoms with Gasteiger partial charge in [0.25, 0.3) is 0 Å². The van der Waals surface area contributed by atoms with Crippen LogP contribution in [0.2, 0.25) is 0 Å². The first-order chi connectivity index (χ1) is 6.85. The van der Waals surface area contributed by atoms with Gasteiger partial charge in [-0.25, -0.2) is 4.52 Å². The van der Waals surface area contributed by atoms with Crippen LogP contribution in [0.3, 0.4) is 0 Å². The number of aryl methyl sites for hydroxylation is 1. The molecular formula is C11H14N2O. The summed E-state index contributed by atoms with van der Waals surface area (Å²) in [7, 11) is 0. The SMILES string of the molecule is CCOc1ccc2c(CC)cnn2c1. The van der Waals surface area contributed by atoms with E-state index in [9.17, 15) is 0 Å². The van der Waals surface area contributed by atoms with Crippen molar-refractivity contribution >= 4 is 5.52 Å². The first-order valence-corrected chi connectivity index (χ1v) is 4.94. The third-order valence-electron chi connectivity index (χ3n) is 2.26. The summed E-state index contributed by atoms with van der Waals surface area (Å²) in [5.41, 5.74) is 2.43. The van der Waals surface area contributed by atoms with Gasteiger partial charge in [-0.05, 0) is 31.0 Å². The van der Waals surface area contributed by atoms with Crippen molar-refractivity contribution in [3.05, 3.63) is 30.1 Å². The van der Waals surface area contributed by atoms with Gasteiger partial charge in [0.2, 0.25) is 0 Å². The Labute approximate surface area is 83.3 Å². The molecule has 0 fully saturated rings. The van der Waals surface area contributed by atoms with E-state index in [1.807, 2.05) is 29.9 Å². The van der Waals surface area contributed by atoms with Crippen LogP contribution in [-0.2, 0) is 6.42 Å². The van der Waals surface area contributed by atoms with Crippen molar-refractivity contribution < 1.29 is 4.74 Å². The van der Waals surface area contributed by atoms with E-state index in [-0.39, 0.29) is 0 Å². The summed E-state index contributed by atoms with van der Waals surface area (Å²) in [6.07, 6.45) is 4.83. The van der Waals surface area contributed by atoms with Crippen molar-refractivity contribution in [1.82, 2.24) is 9.61 Å². The van der Waals surface area contributed by atoms with E-state index in [0.29, 0.717) is 6.61 Å². The molecule has 0 spiro atoms. The fourth-order valence-corrected chi connectivity index (χ4v) is 1.54. The minimum atomic E-state index is 0.688. The monoisotopic (exact) mass is 190 g/mol. The van der Waals surface area contributed by atoms with Crippen LogP contribution in [0.5, 0.6) is 5.75 Å². The topological polar surface area (TPSA) is 26.5 Å². The van der Waals surface area contributed by atoms with Gasteiger partial charge in [0, 0.05) is 0 Å². The van der Waals surface area contributed by atoms with Gasteiger partial charge in [-0.3, -0.25) is 0 Å². The van der Waals surface area contributed by atoms with E-state index in [0.717, 1.165) is 17.7 Å². The van der Waals surface area contributed by atoms with E-state index in [2.05, 4.69) is 18.1 Å². The summed E-state index contributed by atoms with van der Waals surface area (Å²) in [6, 6.07) is 4.04. The smallest absolute Gasteiger partial charge is 0.137 e. The zero-order chi connectivity index (χ0) is 9.97. The average Bonchev–Trinajstić information content (AvgIpc) is 2.60. The van der Waals surface area contributed by atoms with Crippen LogP contribution < -0.4 is 4.74 Å². The predicted molar refractivity (Wildman–Crippen MR) is 55.7 cm³/mol. The van der Waals surface area contributed by atoms with Crippen LogP contribution in [0.4, 0.5) is 0 Å². The van der Waals surface area contributed by atoms with Crippen molar-refractivity contribution in [2.45, 2.75) is 20.3 Å². The Bertz CT molecular complexity index is 434. The van der Waals surface area contributed by atoms with Gasteiger partial charge in [-0.2, -0.15) is 5.10 Å². The highest BCUT2D eigenvalue weighted by atomic mass is 16.5. The molecule has 0 unspecified atom stereocenters. The van der Waals surface area contributed by atoms with E-state index >= 15 is 0 Å². The van der Waals surface area contributed by atoms with Crippen LogP contribution in [0.1, 0.15) is 19.4 Å². The van der Waals surface area contributed by atoms with Crippen molar-refractivity contribution in [3.63, 3.8) is 0 Å². The van der Waals surface area contributed by atoms with E-state index in [1.54, 1.807) is 0 Å². The number of fused-ring (bicyclic) bond motifs is 1. The summed E-state index contributed by atoms with van der Waals surface area (Å²) in [6.45, 7) is 4.80. The zero-order valence-electron chi connectivity index (χ0n) is 8.53. The maximum absolute atomic E-state index is 5.40. The fraction of sp³-hybridized carbons (Fsp3) is 0.364. The van der Waals surface area contributed by atoms with Crippen LogP contribution in [0.25, 0.3) is 5.52 Å². The molecule has 2 heterocycles. The molecule has 2 aromatic heterocycles. The fourth-order valence-electron chi connectivity index (χ4n) is 1.54. The van der Waals surface area contributed by atoms with E-state index in [4.69, 9.17) is 4.74 Å². The Hall–Kier alpha value is -1.51. The average molecular weight is 190 g/mol. The second-order valence-electron chi connectivity index (χ2n) is 3.15. The molecule has 0 bridgehead atoms. The van der Waals surface area contributed by atoms with Crippen molar-refractivity contribution in [3.8, 4) is 5.75 Å². The predicted octanol–water partition coefficient (Wildman–Crippen LogP) is 2.30. The first kappa shape index (κ1) is 9.06. The quantitative estimate of drug-likeness (QED) is 0.742. The molecule has 0 amide bonds. The second-order valence-corrected chi connectivity index (χ2v) is 3.15. The third-order valence-corrected chi connectivity index (χ3v) is 2.26. The Morgan fingerprint density at radius 2 is 2.21 bits per heavy atom. The van der Waals surface area contributed by atoms with Gasteiger partial charge < -0.3 is 4.74 Å². The summed E-state index contributed by atoms with van der Waals surface area (Å²) in [4.78, 5) is 0. The number of nitrogens with zero attached hydrogens (tertiary/aromatic N) is 2. The standard InChI is InChI=1S/C11H14N2O/c1-3-9-7-12-13-8-10(14-4-2)5-6-11(9)13/h5-8H,3-4H2,1-2H3. The number of aromatic nitrogens is 2. The molecule has 0 saturated carbocycles. The maximum Gasteiger partial charge on any atom is 0.137 e. The summed E-state index contributed by atoms with van der Waals surface area (Å²) >= 11 is 0. The van der Waals surface area contributed by atoms with E-state index < -0.39 is 0 Å². The number of hydrogen-bond acceptors (Lipinski definition) is 2. The normalized spacial score (nSPS) is 10.7. The molecule has 0 aliphatic carbocycles. The Morgan fingerprint density at radius 3 is 2.93 bits per heavy atom. The number of pyridine rings is 1. The first-order valence-electron chi connectivity index (χ1n) is 4.94. The van der Waals surface area contributed by atoms with Gasteiger partial charge in [0.1, 0.15) is 5.75 Å². The molecule has 2 rings (SSSR count). The summed E-state index contributed by atoms with van der Waals surface area (Å²) < 4.78 is 7.26. The molecule has 0 aliphatic heterocycles. The third kappa shape index (κ3) is 1.45. The van der Waals surface area contributed by atoms with Gasteiger partial charge in [-0.1, -0.05) is 6.92 Å². The highest BCUT2D eigenvalue weighted by Gasteiger charge is 2.02. The molecule has 0 aromatic carbocycles. The lowest BCUT2D eigenvalue weighted by Gasteiger charge is -2.03. The number of ether oxygens (including phenoxy) is 1. The molecule has 74 valence electrons. The lowest BCUT2D eigenvalue weighted by molar-refractivity contribution is 0.338. The molecule has 0 radical (unpaired) electrons. The summed E-state index contributed by atoms with van der Waals surface area (Å²) in [5, 5.41) is 4.27. The van der Waals surface area contributed by atoms with Crippen LogP contribution in [0, 0.1) is 0 Å². The lowest BCUT2D eigenvalue weighted by atomic mass is 10.2. The molecular weight excluding hydrogens is 176 g/mol. The lowest BCUT2D eigenvalue weighted by Crippen LogP contribution is -1.94. The highest BCUT2D eigenvalue weighted by Crippen LogP contribution is 2.16. The molecule has 14 heavy (non-hydrogen) atoms. The minimum absolute atomic E-state index is 0.688. The molecule has 0 atom stereocenters. The molecule has 3 heteroatoms. The number of rotatable bonds is 3. The van der Waals surface area contributed by atoms with Crippen LogP contribution in [0.15, 0.2) is 24.5 Å². The molecule has 0 saturated heterocycles. The largest absolute Gasteiger partial charge is 0.492 e. The van der Waals surface area contributed by atoms with Crippen molar-refractivity contribution in [2.24, 2.45) is 0 Å². The maximum atomic E-state index is 5.40. The molecule has 0 aliphatic rings. The van der Waals surface area contributed by atoms with Crippen molar-refractivity contribution in [2.75, 3.05) is 6.61 Å². The van der Waals surface area contributed by atoms with Crippen molar-refractivity contribution in [1.29, 1.82) is 0 Å². The van der Waals surface area contributed by atoms with Gasteiger partial charge in [0.15, 0.2) is 0 Å². The Balaban J connectivity index is 2.46. The Morgan fingerprint density at radius 1 is 1.36 bits per heavy atom. The van der Waals surface area contributed by atoms with Crippen LogP contribution >= 0.6 is 0 Å².